The molecule has 12 bridgehead atoms. The first-order valence-corrected chi connectivity index (χ1v) is 30.8. The Labute approximate surface area is 410 Å². The van der Waals surface area contributed by atoms with Gasteiger partial charge >= 0.3 is 0 Å². The molecule has 66 heavy (non-hydrogen) atoms. The normalized spacial score (nSPS) is 35.9. The van der Waals surface area contributed by atoms with Crippen LogP contribution >= 0.6 is 22.6 Å². The summed E-state index contributed by atoms with van der Waals surface area (Å²) in [5, 5.41) is 7.31. The number of anilines is 2. The quantitative estimate of drug-likeness (QED) is 0.106. The fraction of sp³-hybridized carbons (Fsp3) is 0.593. The molecule has 7 heteroatoms. The average molecular weight is 1010 g/mol. The smallest absolute Gasteiger partial charge is 0.221 e. The molecule has 0 radical (unpaired) electrons. The van der Waals surface area contributed by atoms with E-state index in [1.165, 1.54) is 141 Å². The standard InChI is InChI=1S/C23H31NOSi.C18H22INO.C18H21N/c1-16(25)24-22-6-5-21(12-20(22)7-8-26(2,3)4)23-13-17-9-18(14-23)11-19(10-17)15-23;1-11(21)20-17-3-2-15(7-16(17)19)18-8-12-4-13(9-18)6-14(5-12)10-18;1-2-17-15(3-4-19-17)8-16(1)18-9-12-5-13(10-18)7-14(6-12)11-18/h5-6,12,17-19H,9-11,13-15H2,1-4H3,(H,24,25);2-3,7,12-14H,4-6,8-10H2,1H3,(H,20,21);1-4,8,12-14,19H,5-7,9-11H2. The van der Waals surface area contributed by atoms with E-state index in [2.05, 4.69) is 136 Å². The first-order valence-electron chi connectivity index (χ1n) is 26.2. The van der Waals surface area contributed by atoms with Gasteiger partial charge in [0.1, 0.15) is 8.07 Å². The van der Waals surface area contributed by atoms with Crippen molar-refractivity contribution in [3.63, 3.8) is 0 Å². The van der Waals surface area contributed by atoms with Gasteiger partial charge in [0.15, 0.2) is 0 Å². The van der Waals surface area contributed by atoms with E-state index in [0.29, 0.717) is 16.2 Å². The summed E-state index contributed by atoms with van der Waals surface area (Å²) in [5.41, 5.74) is 13.6. The van der Waals surface area contributed by atoms with Crippen molar-refractivity contribution < 1.29 is 9.59 Å². The highest BCUT2D eigenvalue weighted by Gasteiger charge is 2.54. The van der Waals surface area contributed by atoms with E-state index in [9.17, 15) is 9.59 Å². The molecule has 12 fully saturated rings. The van der Waals surface area contributed by atoms with Gasteiger partial charge in [-0.3, -0.25) is 9.59 Å². The van der Waals surface area contributed by atoms with Crippen molar-refractivity contribution in [2.75, 3.05) is 10.6 Å². The highest BCUT2D eigenvalue weighted by molar-refractivity contribution is 14.1. The largest absolute Gasteiger partial charge is 0.361 e. The lowest BCUT2D eigenvalue weighted by Crippen LogP contribution is -2.48. The first-order chi connectivity index (χ1) is 31.6. The van der Waals surface area contributed by atoms with Gasteiger partial charge in [-0.25, -0.2) is 0 Å². The van der Waals surface area contributed by atoms with Crippen LogP contribution in [0.15, 0.2) is 66.9 Å². The van der Waals surface area contributed by atoms with Crippen LogP contribution < -0.4 is 10.6 Å². The van der Waals surface area contributed by atoms with Crippen molar-refractivity contribution in [1.82, 2.24) is 4.98 Å². The minimum atomic E-state index is -1.46. The van der Waals surface area contributed by atoms with Crippen molar-refractivity contribution in [3.05, 3.63) is 92.7 Å². The van der Waals surface area contributed by atoms with Gasteiger partial charge in [0.25, 0.3) is 0 Å². The number of hydrogen-bond acceptors (Lipinski definition) is 2. The lowest BCUT2D eigenvalue weighted by molar-refractivity contribution is -0.115. The summed E-state index contributed by atoms with van der Waals surface area (Å²) in [7, 11) is -1.46. The number of nitrogens with one attached hydrogen (secondary N) is 3. The topological polar surface area (TPSA) is 74.0 Å². The summed E-state index contributed by atoms with van der Waals surface area (Å²) < 4.78 is 1.18. The summed E-state index contributed by atoms with van der Waals surface area (Å²) in [5.74, 6) is 12.3. The molecule has 0 spiro atoms. The molecule has 0 aliphatic heterocycles. The number of H-pyrrole nitrogens is 1. The molecule has 16 rings (SSSR count). The van der Waals surface area contributed by atoms with E-state index in [1.54, 1.807) is 19.4 Å². The zero-order valence-corrected chi connectivity index (χ0v) is 43.6. The summed E-state index contributed by atoms with van der Waals surface area (Å²) in [6, 6.07) is 22.8. The van der Waals surface area contributed by atoms with Crippen molar-refractivity contribution in [1.29, 1.82) is 0 Å². The number of rotatable bonds is 5. The van der Waals surface area contributed by atoms with Gasteiger partial charge in [-0.1, -0.05) is 43.8 Å². The Morgan fingerprint density at radius 1 is 0.545 bits per heavy atom. The van der Waals surface area contributed by atoms with Crippen molar-refractivity contribution in [2.45, 2.75) is 165 Å². The predicted molar refractivity (Wildman–Crippen MR) is 282 cm³/mol. The molecule has 5 nitrogen and oxygen atoms in total. The molecular formula is C59H74IN3O2Si. The van der Waals surface area contributed by atoms with Crippen molar-refractivity contribution >= 4 is 64.8 Å². The molecule has 0 atom stereocenters. The Kier molecular flexibility index (Phi) is 11.8. The van der Waals surface area contributed by atoms with E-state index in [-0.39, 0.29) is 11.8 Å². The molecular weight excluding hydrogens is 938 g/mol. The van der Waals surface area contributed by atoms with Gasteiger partial charge in [0.05, 0.1) is 11.4 Å². The van der Waals surface area contributed by atoms with Gasteiger partial charge in [-0.2, -0.15) is 0 Å². The van der Waals surface area contributed by atoms with Crippen LogP contribution in [0.3, 0.4) is 0 Å². The molecule has 2 amide bonds. The van der Waals surface area contributed by atoms with Gasteiger partial charge < -0.3 is 15.6 Å². The second-order valence-electron chi connectivity index (χ2n) is 25.2. The highest BCUT2D eigenvalue weighted by Crippen LogP contribution is 2.63. The molecule has 3 N–H and O–H groups in total. The molecule has 348 valence electrons. The summed E-state index contributed by atoms with van der Waals surface area (Å²) in [6.07, 6.45) is 28.2. The Morgan fingerprint density at radius 3 is 1.33 bits per heavy atom. The zero-order valence-electron chi connectivity index (χ0n) is 40.5. The number of benzene rings is 3. The minimum absolute atomic E-state index is 0.00969. The van der Waals surface area contributed by atoms with Crippen LogP contribution in [0, 0.1) is 68.3 Å². The van der Waals surface area contributed by atoms with Crippen molar-refractivity contribution in [3.8, 4) is 11.5 Å². The molecule has 4 aromatic rings. The molecule has 12 aliphatic carbocycles. The van der Waals surface area contributed by atoms with Crippen LogP contribution in [0.4, 0.5) is 11.4 Å². The third-order valence-corrected chi connectivity index (χ3v) is 20.5. The van der Waals surface area contributed by atoms with E-state index >= 15 is 0 Å². The van der Waals surface area contributed by atoms with Crippen molar-refractivity contribution in [2.24, 2.45) is 53.3 Å². The maximum atomic E-state index is 11.6. The average Bonchev–Trinajstić information content (AvgIpc) is 3.71. The Hall–Kier alpha value is -3.35. The SMILES string of the molecule is CC(=O)Nc1ccc(C23CC4CC(CC(C4)C2)C3)cc1C#C[Si](C)(C)C.CC(=O)Nc1ccc(C23CC4CC(CC(C4)C2)C3)cc1I.c1cc2cc(C34CC5CC(CC(C5)C3)C4)ccc2[nH]1. The van der Waals surface area contributed by atoms with Crippen LogP contribution in [0.1, 0.15) is 152 Å². The number of carbonyl (C=O) groups is 2. The van der Waals surface area contributed by atoms with Crippen LogP contribution in [-0.4, -0.2) is 24.9 Å². The number of fused-ring (bicyclic) bond motifs is 1. The first kappa shape index (κ1) is 45.1. The number of hydrogen-bond donors (Lipinski definition) is 3. The zero-order chi connectivity index (χ0) is 45.6. The van der Waals surface area contributed by atoms with Crippen LogP contribution in [0.25, 0.3) is 10.9 Å². The third kappa shape index (κ3) is 9.02. The minimum Gasteiger partial charge on any atom is -0.361 e. The second-order valence-corrected chi connectivity index (χ2v) is 31.1. The summed E-state index contributed by atoms with van der Waals surface area (Å²) >= 11 is 2.36. The molecule has 1 heterocycles. The molecule has 12 saturated carbocycles. The predicted octanol–water partition coefficient (Wildman–Crippen LogP) is 14.7. The second kappa shape index (κ2) is 17.3. The van der Waals surface area contributed by atoms with Gasteiger partial charge in [-0.05, 0) is 272 Å². The number of aromatic amines is 1. The van der Waals surface area contributed by atoms with E-state index < -0.39 is 8.07 Å². The fourth-order valence-corrected chi connectivity index (χ4v) is 18.6. The monoisotopic (exact) mass is 1010 g/mol. The lowest BCUT2D eigenvalue weighted by atomic mass is 9.48. The molecule has 3 aromatic carbocycles. The number of halogens is 1. The van der Waals surface area contributed by atoms with Crippen LogP contribution in [0.2, 0.25) is 19.6 Å². The third-order valence-electron chi connectivity index (χ3n) is 18.7. The number of amides is 2. The maximum Gasteiger partial charge on any atom is 0.221 e. The Balaban J connectivity index is 0.000000111. The number of carbonyl (C=O) groups excluding carboxylic acids is 2. The summed E-state index contributed by atoms with van der Waals surface area (Å²) in [4.78, 5) is 26.2. The van der Waals surface area contributed by atoms with E-state index in [1.807, 2.05) is 0 Å². The summed E-state index contributed by atoms with van der Waals surface area (Å²) in [6.45, 7) is 9.94. The number of aromatic nitrogens is 1. The van der Waals surface area contributed by atoms with Crippen LogP contribution in [0.5, 0.6) is 0 Å². The molecule has 0 saturated heterocycles. The van der Waals surface area contributed by atoms with E-state index in [4.69, 9.17) is 0 Å². The van der Waals surface area contributed by atoms with Gasteiger partial charge in [0.2, 0.25) is 11.8 Å². The lowest BCUT2D eigenvalue weighted by Gasteiger charge is -2.57. The highest BCUT2D eigenvalue weighted by atomic mass is 127. The van der Waals surface area contributed by atoms with Gasteiger partial charge in [0, 0.05) is 34.7 Å². The fourth-order valence-electron chi connectivity index (χ4n) is 17.4. The molecule has 12 aliphatic rings. The Morgan fingerprint density at radius 2 is 0.924 bits per heavy atom. The maximum absolute atomic E-state index is 11.6. The molecule has 0 unspecified atom stereocenters. The van der Waals surface area contributed by atoms with Gasteiger partial charge in [-0.15, -0.1) is 5.54 Å². The Bertz CT molecular complexity index is 2480. The van der Waals surface area contributed by atoms with E-state index in [0.717, 1.165) is 70.2 Å². The van der Waals surface area contributed by atoms with Crippen LogP contribution in [-0.2, 0) is 25.8 Å². The molecule has 1 aromatic heterocycles.